The SMILES string of the molecule is CCCCOC(=O)N1CCN(C(=O)C(CCC(=O)O)NC(=O)c2cc(OC3CCOC3)nc(-c3ccccc3)n2)CC1. The Labute approximate surface area is 244 Å². The zero-order valence-corrected chi connectivity index (χ0v) is 23.7. The standard InChI is InChI=1S/C29H37N5O8/c1-2-3-16-41-29(39)34-14-12-33(13-15-34)28(38)22(9-10-25(35)36)31-27(37)23-18-24(42-21-11-17-40-19-21)32-26(30-23)20-7-5-4-6-8-20/h4-8,18,21-22H,2-3,9-17,19H2,1H3,(H,31,37)(H,35,36). The number of hydrogen-bond donors (Lipinski definition) is 2. The number of benzene rings is 1. The second kappa shape index (κ2) is 15.1. The van der Waals surface area contributed by atoms with Crippen LogP contribution in [0.2, 0.25) is 0 Å². The fourth-order valence-electron chi connectivity index (χ4n) is 4.58. The molecule has 2 N–H and O–H groups in total. The van der Waals surface area contributed by atoms with Gasteiger partial charge in [-0.1, -0.05) is 43.7 Å². The highest BCUT2D eigenvalue weighted by Gasteiger charge is 2.31. The number of piperazine rings is 1. The number of carbonyl (C=O) groups is 4. The van der Waals surface area contributed by atoms with Crippen LogP contribution in [-0.4, -0.2) is 107 Å². The Morgan fingerprint density at radius 1 is 1.10 bits per heavy atom. The van der Waals surface area contributed by atoms with Crippen molar-refractivity contribution in [2.75, 3.05) is 46.0 Å². The summed E-state index contributed by atoms with van der Waals surface area (Å²) in [5.41, 5.74) is 0.648. The molecule has 2 atom stereocenters. The van der Waals surface area contributed by atoms with E-state index in [9.17, 15) is 24.3 Å². The third-order valence-electron chi connectivity index (χ3n) is 6.97. The average Bonchev–Trinajstić information content (AvgIpc) is 3.52. The summed E-state index contributed by atoms with van der Waals surface area (Å²) in [5, 5.41) is 12.0. The van der Waals surface area contributed by atoms with E-state index in [0.29, 0.717) is 31.8 Å². The number of carboxylic acid groups (broad SMARTS) is 1. The van der Waals surface area contributed by atoms with Gasteiger partial charge in [-0.15, -0.1) is 0 Å². The van der Waals surface area contributed by atoms with Crippen molar-refractivity contribution in [2.24, 2.45) is 0 Å². The number of hydrogen-bond acceptors (Lipinski definition) is 9. The lowest BCUT2D eigenvalue weighted by Gasteiger charge is -2.36. The molecule has 0 radical (unpaired) electrons. The zero-order chi connectivity index (χ0) is 29.9. The number of carboxylic acids is 1. The Bertz CT molecular complexity index is 1230. The number of aliphatic carboxylic acids is 1. The molecule has 2 aliphatic rings. The van der Waals surface area contributed by atoms with Gasteiger partial charge in [-0.25, -0.2) is 9.78 Å². The van der Waals surface area contributed by atoms with Gasteiger partial charge in [0.15, 0.2) is 5.82 Å². The second-order valence-electron chi connectivity index (χ2n) is 10.1. The molecule has 1 aromatic carbocycles. The first kappa shape index (κ1) is 30.7. The number of aromatic nitrogens is 2. The van der Waals surface area contributed by atoms with Gasteiger partial charge in [0, 0.05) is 50.7 Å². The molecule has 13 heteroatoms. The van der Waals surface area contributed by atoms with Crippen molar-refractivity contribution in [1.82, 2.24) is 25.1 Å². The van der Waals surface area contributed by atoms with E-state index in [2.05, 4.69) is 15.3 Å². The summed E-state index contributed by atoms with van der Waals surface area (Å²) in [5.74, 6) is -1.72. The molecule has 226 valence electrons. The summed E-state index contributed by atoms with van der Waals surface area (Å²) in [4.78, 5) is 62.5. The molecule has 2 aliphatic heterocycles. The Morgan fingerprint density at radius 3 is 2.50 bits per heavy atom. The van der Waals surface area contributed by atoms with Crippen molar-refractivity contribution in [1.29, 1.82) is 0 Å². The third-order valence-corrected chi connectivity index (χ3v) is 6.97. The molecular formula is C29H37N5O8. The maximum absolute atomic E-state index is 13.5. The summed E-state index contributed by atoms with van der Waals surface area (Å²) < 4.78 is 16.6. The maximum atomic E-state index is 13.5. The van der Waals surface area contributed by atoms with Crippen LogP contribution in [0.3, 0.4) is 0 Å². The molecule has 0 aliphatic carbocycles. The minimum absolute atomic E-state index is 0.0227. The molecule has 4 rings (SSSR count). The van der Waals surface area contributed by atoms with E-state index in [1.165, 1.54) is 15.9 Å². The molecule has 3 heterocycles. The van der Waals surface area contributed by atoms with E-state index in [4.69, 9.17) is 14.2 Å². The Morgan fingerprint density at radius 2 is 1.83 bits per heavy atom. The lowest BCUT2D eigenvalue weighted by Crippen LogP contribution is -2.56. The van der Waals surface area contributed by atoms with Crippen molar-refractivity contribution in [3.8, 4) is 17.3 Å². The van der Waals surface area contributed by atoms with E-state index < -0.39 is 29.9 Å². The van der Waals surface area contributed by atoms with Crippen LogP contribution in [0.25, 0.3) is 11.4 Å². The van der Waals surface area contributed by atoms with E-state index in [-0.39, 0.29) is 62.5 Å². The van der Waals surface area contributed by atoms with Crippen LogP contribution >= 0.6 is 0 Å². The molecule has 0 saturated carbocycles. The lowest BCUT2D eigenvalue weighted by atomic mass is 10.1. The predicted molar refractivity (Wildman–Crippen MR) is 150 cm³/mol. The number of rotatable bonds is 12. The highest BCUT2D eigenvalue weighted by Crippen LogP contribution is 2.22. The number of ether oxygens (including phenoxy) is 3. The fraction of sp³-hybridized carbons (Fsp3) is 0.517. The first-order valence-electron chi connectivity index (χ1n) is 14.3. The summed E-state index contributed by atoms with van der Waals surface area (Å²) in [6.07, 6.45) is 1.29. The van der Waals surface area contributed by atoms with Crippen LogP contribution in [0.1, 0.15) is 49.5 Å². The first-order chi connectivity index (χ1) is 20.3. The van der Waals surface area contributed by atoms with E-state index in [0.717, 1.165) is 12.8 Å². The monoisotopic (exact) mass is 583 g/mol. The summed E-state index contributed by atoms with van der Waals surface area (Å²) in [6.45, 7) is 4.32. The van der Waals surface area contributed by atoms with E-state index in [1.807, 2.05) is 25.1 Å². The number of carbonyl (C=O) groups excluding carboxylic acids is 3. The fourth-order valence-corrected chi connectivity index (χ4v) is 4.58. The molecule has 2 unspecified atom stereocenters. The van der Waals surface area contributed by atoms with E-state index in [1.54, 1.807) is 12.1 Å². The second-order valence-corrected chi connectivity index (χ2v) is 10.1. The van der Waals surface area contributed by atoms with Crippen molar-refractivity contribution in [3.05, 3.63) is 42.1 Å². The molecule has 0 spiro atoms. The molecule has 1 aromatic heterocycles. The smallest absolute Gasteiger partial charge is 0.409 e. The number of amides is 3. The van der Waals surface area contributed by atoms with Crippen molar-refractivity contribution < 1.29 is 38.5 Å². The quantitative estimate of drug-likeness (QED) is 0.355. The van der Waals surface area contributed by atoms with Crippen molar-refractivity contribution in [3.63, 3.8) is 0 Å². The minimum atomic E-state index is -1.11. The highest BCUT2D eigenvalue weighted by atomic mass is 16.6. The topological polar surface area (TPSA) is 160 Å². The molecule has 3 amide bonds. The molecule has 2 aromatic rings. The van der Waals surface area contributed by atoms with Gasteiger partial charge < -0.3 is 34.4 Å². The third kappa shape index (κ3) is 8.62. The largest absolute Gasteiger partial charge is 0.481 e. The number of unbranched alkanes of at least 4 members (excludes halogenated alkanes) is 1. The molecule has 2 saturated heterocycles. The normalized spacial score (nSPS) is 17.4. The highest BCUT2D eigenvalue weighted by molar-refractivity contribution is 5.96. The van der Waals surface area contributed by atoms with Gasteiger partial charge in [0.05, 0.1) is 19.8 Å². The molecule has 42 heavy (non-hydrogen) atoms. The van der Waals surface area contributed by atoms with Gasteiger partial charge >= 0.3 is 12.1 Å². The van der Waals surface area contributed by atoms with Crippen molar-refractivity contribution >= 4 is 23.9 Å². The van der Waals surface area contributed by atoms with Crippen LogP contribution in [0.5, 0.6) is 5.88 Å². The van der Waals surface area contributed by atoms with Crippen LogP contribution < -0.4 is 10.1 Å². The Balaban J connectivity index is 1.47. The van der Waals surface area contributed by atoms with Gasteiger partial charge in [0.1, 0.15) is 17.8 Å². The molecule has 0 bridgehead atoms. The Kier molecular flexibility index (Phi) is 11.0. The Hall–Kier alpha value is -4.26. The number of nitrogens with zero attached hydrogens (tertiary/aromatic N) is 4. The summed E-state index contributed by atoms with van der Waals surface area (Å²) in [7, 11) is 0. The lowest BCUT2D eigenvalue weighted by molar-refractivity contribution is -0.138. The molecular weight excluding hydrogens is 546 g/mol. The average molecular weight is 584 g/mol. The van der Waals surface area contributed by atoms with Crippen LogP contribution in [0, 0.1) is 0 Å². The van der Waals surface area contributed by atoms with Gasteiger partial charge in [0.2, 0.25) is 11.8 Å². The van der Waals surface area contributed by atoms with Crippen LogP contribution in [0.4, 0.5) is 4.79 Å². The van der Waals surface area contributed by atoms with Crippen LogP contribution in [0.15, 0.2) is 36.4 Å². The first-order valence-corrected chi connectivity index (χ1v) is 14.3. The van der Waals surface area contributed by atoms with Crippen LogP contribution in [-0.2, 0) is 19.1 Å². The molecule has 2 fully saturated rings. The van der Waals surface area contributed by atoms with Crippen molar-refractivity contribution in [2.45, 2.75) is 51.2 Å². The van der Waals surface area contributed by atoms with Gasteiger partial charge in [-0.2, -0.15) is 4.98 Å². The minimum Gasteiger partial charge on any atom is -0.481 e. The van der Waals surface area contributed by atoms with Gasteiger partial charge in [0.25, 0.3) is 5.91 Å². The predicted octanol–water partition coefficient (Wildman–Crippen LogP) is 2.36. The maximum Gasteiger partial charge on any atom is 0.409 e. The summed E-state index contributed by atoms with van der Waals surface area (Å²) in [6, 6.07) is 9.39. The van der Waals surface area contributed by atoms with Gasteiger partial charge in [-0.05, 0) is 12.8 Å². The number of nitrogens with one attached hydrogen (secondary N) is 1. The zero-order valence-electron chi connectivity index (χ0n) is 23.7. The van der Waals surface area contributed by atoms with E-state index >= 15 is 0 Å². The molecule has 13 nitrogen and oxygen atoms in total. The summed E-state index contributed by atoms with van der Waals surface area (Å²) >= 11 is 0. The van der Waals surface area contributed by atoms with Gasteiger partial charge in [-0.3, -0.25) is 14.4 Å².